The zero-order valence-electron chi connectivity index (χ0n) is 17.1. The van der Waals surface area contributed by atoms with E-state index in [1.165, 1.54) is 0 Å². The number of esters is 1. The van der Waals surface area contributed by atoms with Crippen molar-refractivity contribution >= 4 is 22.8 Å². The van der Waals surface area contributed by atoms with E-state index in [0.717, 1.165) is 22.6 Å². The summed E-state index contributed by atoms with van der Waals surface area (Å²) in [5.41, 5.74) is 0. The van der Waals surface area contributed by atoms with Crippen LogP contribution in [-0.4, -0.2) is 31.5 Å². The second-order valence-corrected chi connectivity index (χ2v) is 6.44. The molecule has 3 aromatic carbocycles. The molecule has 3 aromatic rings. The lowest BCUT2D eigenvalue weighted by Gasteiger charge is -2.18. The van der Waals surface area contributed by atoms with Crippen molar-refractivity contribution in [1.82, 2.24) is 5.32 Å². The number of carbonyl (C=O) groups is 2. The summed E-state index contributed by atoms with van der Waals surface area (Å²) in [6.07, 6.45) is -0.0869. The van der Waals surface area contributed by atoms with E-state index in [9.17, 15) is 9.59 Å². The van der Waals surface area contributed by atoms with Crippen LogP contribution in [0.25, 0.3) is 10.8 Å². The molecule has 0 heterocycles. The smallest absolute Gasteiger partial charge is 0.412 e. The first-order valence-electron chi connectivity index (χ1n) is 9.71. The number of hydrogen-bond acceptors (Lipinski definition) is 6. The highest BCUT2D eigenvalue weighted by molar-refractivity contribution is 5.90. The van der Waals surface area contributed by atoms with Crippen molar-refractivity contribution in [2.24, 2.45) is 0 Å². The SMILES string of the molecule is C=CC(=O)OCCNC(=O)Oc1ccc2c(OC(C)Oc3ccccc3)cccc2c1. The van der Waals surface area contributed by atoms with E-state index in [4.69, 9.17) is 18.9 Å². The molecule has 0 saturated heterocycles. The van der Waals surface area contributed by atoms with Gasteiger partial charge in [0.05, 0.1) is 6.54 Å². The third kappa shape index (κ3) is 6.50. The lowest BCUT2D eigenvalue weighted by atomic mass is 10.1. The van der Waals surface area contributed by atoms with Crippen molar-refractivity contribution in [2.45, 2.75) is 13.2 Å². The van der Waals surface area contributed by atoms with E-state index in [2.05, 4.69) is 11.9 Å². The number of fused-ring (bicyclic) bond motifs is 1. The van der Waals surface area contributed by atoms with Gasteiger partial charge in [0.1, 0.15) is 23.9 Å². The Balaban J connectivity index is 1.59. The Morgan fingerprint density at radius 2 is 1.81 bits per heavy atom. The van der Waals surface area contributed by atoms with Gasteiger partial charge in [0, 0.05) is 18.4 Å². The molecule has 0 saturated carbocycles. The summed E-state index contributed by atoms with van der Waals surface area (Å²) < 4.78 is 21.8. The van der Waals surface area contributed by atoms with Crippen molar-refractivity contribution in [2.75, 3.05) is 13.2 Å². The van der Waals surface area contributed by atoms with E-state index in [1.807, 2.05) is 61.5 Å². The summed E-state index contributed by atoms with van der Waals surface area (Å²) in [7, 11) is 0. The molecule has 0 aliphatic heterocycles. The van der Waals surface area contributed by atoms with Crippen LogP contribution in [0.3, 0.4) is 0 Å². The Morgan fingerprint density at radius 3 is 2.58 bits per heavy atom. The average Bonchev–Trinajstić information content (AvgIpc) is 2.77. The first-order chi connectivity index (χ1) is 15.0. The lowest BCUT2D eigenvalue weighted by molar-refractivity contribution is -0.137. The van der Waals surface area contributed by atoms with Crippen LogP contribution in [-0.2, 0) is 9.53 Å². The maximum Gasteiger partial charge on any atom is 0.412 e. The highest BCUT2D eigenvalue weighted by atomic mass is 16.7. The average molecular weight is 421 g/mol. The first-order valence-corrected chi connectivity index (χ1v) is 9.71. The molecule has 0 aliphatic carbocycles. The fourth-order valence-electron chi connectivity index (χ4n) is 2.80. The molecule has 0 spiro atoms. The van der Waals surface area contributed by atoms with Gasteiger partial charge in [-0.05, 0) is 41.8 Å². The molecule has 7 heteroatoms. The summed E-state index contributed by atoms with van der Waals surface area (Å²) in [6.45, 7) is 5.27. The Labute approximate surface area is 180 Å². The summed E-state index contributed by atoms with van der Waals surface area (Å²) in [6, 6.07) is 20.3. The topological polar surface area (TPSA) is 83.1 Å². The lowest BCUT2D eigenvalue weighted by Crippen LogP contribution is -2.30. The third-order valence-corrected chi connectivity index (χ3v) is 4.14. The molecular weight excluding hydrogens is 398 g/mol. The molecular formula is C24H23NO6. The van der Waals surface area contributed by atoms with Crippen LogP contribution < -0.4 is 19.5 Å². The Bertz CT molecular complexity index is 1050. The highest BCUT2D eigenvalue weighted by Gasteiger charge is 2.11. The summed E-state index contributed by atoms with van der Waals surface area (Å²) in [4.78, 5) is 22.9. The van der Waals surface area contributed by atoms with Gasteiger partial charge in [-0.1, -0.05) is 36.9 Å². The van der Waals surface area contributed by atoms with E-state index < -0.39 is 18.4 Å². The van der Waals surface area contributed by atoms with Crippen LogP contribution in [0.5, 0.6) is 17.2 Å². The summed E-state index contributed by atoms with van der Waals surface area (Å²) in [5, 5.41) is 4.20. The number of amides is 1. The van der Waals surface area contributed by atoms with Crippen molar-refractivity contribution in [1.29, 1.82) is 0 Å². The van der Waals surface area contributed by atoms with Crippen LogP contribution in [0, 0.1) is 0 Å². The van der Waals surface area contributed by atoms with Gasteiger partial charge >= 0.3 is 12.1 Å². The molecule has 1 amide bonds. The fraction of sp³-hybridized carbons (Fsp3) is 0.167. The Morgan fingerprint density at radius 1 is 1.00 bits per heavy atom. The molecule has 160 valence electrons. The van der Waals surface area contributed by atoms with Gasteiger partial charge in [0.25, 0.3) is 0 Å². The largest absolute Gasteiger partial charge is 0.461 e. The molecule has 0 aromatic heterocycles. The van der Waals surface area contributed by atoms with Crippen molar-refractivity contribution in [3.8, 4) is 17.2 Å². The van der Waals surface area contributed by atoms with Gasteiger partial charge in [-0.2, -0.15) is 0 Å². The molecule has 1 unspecified atom stereocenters. The van der Waals surface area contributed by atoms with Crippen molar-refractivity contribution < 1.29 is 28.5 Å². The second-order valence-electron chi connectivity index (χ2n) is 6.44. The van der Waals surface area contributed by atoms with Gasteiger partial charge in [0.15, 0.2) is 0 Å². The van der Waals surface area contributed by atoms with Gasteiger partial charge in [-0.15, -0.1) is 0 Å². The molecule has 0 fully saturated rings. The number of para-hydroxylation sites is 1. The van der Waals surface area contributed by atoms with Gasteiger partial charge in [-0.25, -0.2) is 9.59 Å². The quantitative estimate of drug-likeness (QED) is 0.238. The minimum Gasteiger partial charge on any atom is -0.461 e. The molecule has 0 aliphatic rings. The molecule has 1 N–H and O–H groups in total. The zero-order valence-corrected chi connectivity index (χ0v) is 17.1. The molecule has 3 rings (SSSR count). The Kier molecular flexibility index (Phi) is 7.48. The van der Waals surface area contributed by atoms with E-state index in [0.29, 0.717) is 11.5 Å². The summed E-state index contributed by atoms with van der Waals surface area (Å²) >= 11 is 0. The maximum absolute atomic E-state index is 11.9. The van der Waals surface area contributed by atoms with Crippen LogP contribution in [0.15, 0.2) is 79.4 Å². The minimum atomic E-state index is -0.647. The van der Waals surface area contributed by atoms with E-state index in [1.54, 1.807) is 12.1 Å². The zero-order chi connectivity index (χ0) is 22.1. The second kappa shape index (κ2) is 10.7. The first kappa shape index (κ1) is 21.7. The number of nitrogens with one attached hydrogen (secondary N) is 1. The number of carbonyl (C=O) groups excluding carboxylic acids is 2. The Hall–Kier alpha value is -4.00. The monoisotopic (exact) mass is 421 g/mol. The molecule has 1 atom stereocenters. The van der Waals surface area contributed by atoms with Gasteiger partial charge in [0.2, 0.25) is 6.29 Å². The fourth-order valence-corrected chi connectivity index (χ4v) is 2.80. The van der Waals surface area contributed by atoms with Gasteiger partial charge in [-0.3, -0.25) is 0 Å². The predicted octanol–water partition coefficient (Wildman–Crippen LogP) is 4.46. The van der Waals surface area contributed by atoms with Crippen LogP contribution in [0.1, 0.15) is 6.92 Å². The van der Waals surface area contributed by atoms with Crippen LogP contribution >= 0.6 is 0 Å². The predicted molar refractivity (Wildman–Crippen MR) is 116 cm³/mol. The molecule has 0 bridgehead atoms. The van der Waals surface area contributed by atoms with Crippen LogP contribution in [0.2, 0.25) is 0 Å². The summed E-state index contributed by atoms with van der Waals surface area (Å²) in [5.74, 6) is 1.20. The van der Waals surface area contributed by atoms with Crippen LogP contribution in [0.4, 0.5) is 4.79 Å². The number of rotatable bonds is 9. The number of ether oxygens (including phenoxy) is 4. The molecule has 31 heavy (non-hydrogen) atoms. The minimum absolute atomic E-state index is 0.0294. The number of hydrogen-bond donors (Lipinski definition) is 1. The standard InChI is InChI=1S/C24H23NO6/c1-3-23(26)28-15-14-25-24(27)31-20-12-13-21-18(16-20)8-7-11-22(21)30-17(2)29-19-9-5-4-6-10-19/h3-13,16-17H,1,14-15H2,2H3,(H,25,27). The van der Waals surface area contributed by atoms with E-state index >= 15 is 0 Å². The van der Waals surface area contributed by atoms with Gasteiger partial charge < -0.3 is 24.3 Å². The normalized spacial score (nSPS) is 11.3. The third-order valence-electron chi connectivity index (χ3n) is 4.14. The molecule has 0 radical (unpaired) electrons. The highest BCUT2D eigenvalue weighted by Crippen LogP contribution is 2.30. The molecule has 7 nitrogen and oxygen atoms in total. The van der Waals surface area contributed by atoms with Crippen molar-refractivity contribution in [3.05, 3.63) is 79.4 Å². The maximum atomic E-state index is 11.9. The van der Waals surface area contributed by atoms with E-state index in [-0.39, 0.29) is 13.2 Å². The number of benzene rings is 3. The van der Waals surface area contributed by atoms with Crippen molar-refractivity contribution in [3.63, 3.8) is 0 Å².